The summed E-state index contributed by atoms with van der Waals surface area (Å²) in [5, 5.41) is 0.388. The number of carbonyl (C=O) groups is 1. The molecule has 2 atom stereocenters. The summed E-state index contributed by atoms with van der Waals surface area (Å²) < 4.78 is 2.09. The number of hydrogen-bond donors (Lipinski definition) is 0. The van der Waals surface area contributed by atoms with Gasteiger partial charge in [0.2, 0.25) is 12.3 Å². The highest BCUT2D eigenvalue weighted by atomic mass is 79.9. The average molecular weight is 326 g/mol. The monoisotopic (exact) mass is 325 g/mol. The van der Waals surface area contributed by atoms with Gasteiger partial charge in [-0.25, -0.2) is 4.58 Å². The summed E-state index contributed by atoms with van der Waals surface area (Å²) in [5.41, 5.74) is 2.82. The second kappa shape index (κ2) is 6.90. The highest BCUT2D eigenvalue weighted by molar-refractivity contribution is 8.12. The largest absolute Gasteiger partial charge is 1.00 e. The maximum absolute atomic E-state index is 12.0. The molecule has 1 aromatic carbocycles. The molecule has 0 amide bonds. The van der Waals surface area contributed by atoms with Crippen LogP contribution in [0.25, 0.3) is 0 Å². The molecule has 0 saturated heterocycles. The first-order valence-electron chi connectivity index (χ1n) is 5.67. The van der Waals surface area contributed by atoms with Crippen LogP contribution in [0.15, 0.2) is 43.0 Å². The lowest BCUT2D eigenvalue weighted by Crippen LogP contribution is -3.00. The van der Waals surface area contributed by atoms with Gasteiger partial charge in [0, 0.05) is 5.56 Å². The molecule has 0 aliphatic carbocycles. The minimum atomic E-state index is 0. The summed E-state index contributed by atoms with van der Waals surface area (Å²) in [7, 11) is 0. The summed E-state index contributed by atoms with van der Waals surface area (Å²) in [6, 6.07) is 9.77. The predicted octanol–water partition coefficient (Wildman–Crippen LogP) is -0.396. The van der Waals surface area contributed by atoms with Gasteiger partial charge in [-0.05, 0) is 6.92 Å². The molecule has 0 saturated carbocycles. The number of ketones is 1. The van der Waals surface area contributed by atoms with Crippen molar-refractivity contribution in [3.63, 3.8) is 0 Å². The van der Waals surface area contributed by atoms with Crippen molar-refractivity contribution in [2.24, 2.45) is 0 Å². The van der Waals surface area contributed by atoms with Crippen LogP contribution in [0.5, 0.6) is 0 Å². The van der Waals surface area contributed by atoms with Crippen molar-refractivity contribution in [2.75, 3.05) is 6.54 Å². The summed E-state index contributed by atoms with van der Waals surface area (Å²) >= 11 is 1.73. The molecule has 1 aromatic rings. The molecule has 1 heterocycles. The lowest BCUT2D eigenvalue weighted by molar-refractivity contribution is -0.538. The van der Waals surface area contributed by atoms with E-state index in [1.54, 1.807) is 11.8 Å². The van der Waals surface area contributed by atoms with Gasteiger partial charge < -0.3 is 17.0 Å². The van der Waals surface area contributed by atoms with E-state index < -0.39 is 0 Å². The predicted molar refractivity (Wildman–Crippen MR) is 73.0 cm³/mol. The molecule has 1 aliphatic heterocycles. The van der Waals surface area contributed by atoms with E-state index in [4.69, 9.17) is 0 Å². The summed E-state index contributed by atoms with van der Waals surface area (Å²) in [6.07, 6.45) is 1.94. The summed E-state index contributed by atoms with van der Waals surface area (Å²) in [4.78, 5) is 12.0. The zero-order chi connectivity index (χ0) is 12.3. The van der Waals surface area contributed by atoms with Crippen LogP contribution in [0.4, 0.5) is 0 Å². The molecule has 0 aromatic heterocycles. The number of carbonyl (C=O) groups excluding carboxylic acids is 1. The normalized spacial score (nSPS) is 21.9. The highest BCUT2D eigenvalue weighted by Crippen LogP contribution is 2.22. The van der Waals surface area contributed by atoms with Crippen LogP contribution in [0.3, 0.4) is 0 Å². The fourth-order valence-corrected chi connectivity index (χ4v) is 2.92. The molecule has 0 fully saturated rings. The van der Waals surface area contributed by atoms with Gasteiger partial charge in [0.15, 0.2) is 11.6 Å². The average Bonchev–Trinajstić information content (AvgIpc) is 2.71. The Morgan fingerprint density at radius 2 is 2.11 bits per heavy atom. The maximum Gasteiger partial charge on any atom is 0.227 e. The molecular weight excluding hydrogens is 310 g/mol. The number of thioether (sulfide) groups is 1. The first-order chi connectivity index (χ1) is 8.22. The smallest absolute Gasteiger partial charge is 0.227 e. The SMILES string of the molecule is C=CC1SC=[N+](CC(=O)c2ccccc2)C1C.[Br-]. The molecular formula is C14H16BrNOS. The Morgan fingerprint density at radius 1 is 1.44 bits per heavy atom. The number of benzene rings is 1. The summed E-state index contributed by atoms with van der Waals surface area (Å²) in [5.74, 6) is 0.166. The van der Waals surface area contributed by atoms with E-state index in [9.17, 15) is 4.79 Å². The minimum absolute atomic E-state index is 0. The van der Waals surface area contributed by atoms with Gasteiger partial charge in [-0.15, -0.1) is 6.58 Å². The van der Waals surface area contributed by atoms with Gasteiger partial charge in [0.1, 0.15) is 0 Å². The Bertz CT molecular complexity index is 458. The lowest BCUT2D eigenvalue weighted by atomic mass is 10.1. The molecule has 4 heteroatoms. The minimum Gasteiger partial charge on any atom is -1.00 e. The first-order valence-corrected chi connectivity index (χ1v) is 6.62. The molecule has 0 spiro atoms. The molecule has 0 N–H and O–H groups in total. The molecule has 0 bridgehead atoms. The summed E-state index contributed by atoms with van der Waals surface area (Å²) in [6.45, 7) is 6.39. The Balaban J connectivity index is 0.00000162. The van der Waals surface area contributed by atoms with Gasteiger partial charge in [0.25, 0.3) is 0 Å². The van der Waals surface area contributed by atoms with E-state index in [1.807, 2.05) is 42.0 Å². The lowest BCUT2D eigenvalue weighted by Gasteiger charge is -2.08. The molecule has 96 valence electrons. The van der Waals surface area contributed by atoms with E-state index in [-0.39, 0.29) is 22.8 Å². The number of halogens is 1. The Morgan fingerprint density at radius 3 is 2.67 bits per heavy atom. The maximum atomic E-state index is 12.0. The molecule has 2 nitrogen and oxygen atoms in total. The second-order valence-corrected chi connectivity index (χ2v) is 5.17. The number of rotatable bonds is 4. The van der Waals surface area contributed by atoms with Gasteiger partial charge in [-0.3, -0.25) is 4.79 Å². The van der Waals surface area contributed by atoms with Gasteiger partial charge in [0.05, 0.1) is 5.25 Å². The quantitative estimate of drug-likeness (QED) is 0.426. The fraction of sp³-hybridized carbons (Fsp3) is 0.286. The van der Waals surface area contributed by atoms with Crippen LogP contribution in [0.1, 0.15) is 17.3 Å². The van der Waals surface area contributed by atoms with Crippen molar-refractivity contribution < 1.29 is 26.4 Å². The molecule has 0 radical (unpaired) electrons. The van der Waals surface area contributed by atoms with Crippen molar-refractivity contribution in [3.05, 3.63) is 48.6 Å². The van der Waals surface area contributed by atoms with Gasteiger partial charge in [-0.1, -0.05) is 48.2 Å². The van der Waals surface area contributed by atoms with E-state index in [0.717, 1.165) is 5.56 Å². The third-order valence-corrected chi connectivity index (χ3v) is 4.30. The van der Waals surface area contributed by atoms with Crippen molar-refractivity contribution in [3.8, 4) is 0 Å². The van der Waals surface area contributed by atoms with Crippen molar-refractivity contribution in [2.45, 2.75) is 18.2 Å². The first kappa shape index (κ1) is 15.2. The zero-order valence-electron chi connectivity index (χ0n) is 10.3. The van der Waals surface area contributed by atoms with Crippen LogP contribution in [0, 0.1) is 0 Å². The fourth-order valence-electron chi connectivity index (χ4n) is 1.86. The Hall–Kier alpha value is -0.870. The molecule has 18 heavy (non-hydrogen) atoms. The van der Waals surface area contributed by atoms with Crippen LogP contribution in [0.2, 0.25) is 0 Å². The molecule has 2 unspecified atom stereocenters. The van der Waals surface area contributed by atoms with E-state index >= 15 is 0 Å². The third kappa shape index (κ3) is 3.33. The van der Waals surface area contributed by atoms with Gasteiger partial charge >= 0.3 is 0 Å². The number of hydrogen-bond acceptors (Lipinski definition) is 2. The van der Waals surface area contributed by atoms with Crippen LogP contribution in [-0.4, -0.2) is 33.7 Å². The topological polar surface area (TPSA) is 20.1 Å². The Kier molecular flexibility index (Phi) is 5.82. The highest BCUT2D eigenvalue weighted by Gasteiger charge is 2.32. The van der Waals surface area contributed by atoms with Crippen molar-refractivity contribution in [1.29, 1.82) is 0 Å². The van der Waals surface area contributed by atoms with Gasteiger partial charge in [-0.2, -0.15) is 0 Å². The van der Waals surface area contributed by atoms with Crippen LogP contribution < -0.4 is 17.0 Å². The van der Waals surface area contributed by atoms with Crippen molar-refractivity contribution in [1.82, 2.24) is 0 Å². The van der Waals surface area contributed by atoms with E-state index in [0.29, 0.717) is 17.8 Å². The van der Waals surface area contributed by atoms with E-state index in [2.05, 4.69) is 18.1 Å². The second-order valence-electron chi connectivity index (χ2n) is 4.14. The van der Waals surface area contributed by atoms with Crippen molar-refractivity contribution >= 4 is 23.1 Å². The molecule has 2 rings (SSSR count). The standard InChI is InChI=1S/C14H16NOS.BrH/c1-3-14-11(2)15(10-17-14)9-13(16)12-7-5-4-6-8-12;/h3-8,10-11,14H,1,9H2,2H3;1H/q+1;/p-1. The zero-order valence-corrected chi connectivity index (χ0v) is 12.7. The third-order valence-electron chi connectivity index (χ3n) is 3.01. The van der Waals surface area contributed by atoms with Crippen LogP contribution in [-0.2, 0) is 0 Å². The number of nitrogens with zero attached hydrogens (tertiary/aromatic N) is 1. The van der Waals surface area contributed by atoms with Crippen LogP contribution >= 0.6 is 11.8 Å². The number of Topliss-reactive ketones (excluding diaryl/α,β-unsaturated/α-hetero) is 1. The molecule has 1 aliphatic rings. The van der Waals surface area contributed by atoms with E-state index in [1.165, 1.54) is 0 Å². The Labute approximate surface area is 123 Å².